The minimum atomic E-state index is -0.207. The van der Waals surface area contributed by atoms with E-state index in [1.165, 1.54) is 0 Å². The molecule has 0 saturated carbocycles. The molecule has 1 heterocycles. The molecule has 1 fully saturated rings. The predicted octanol–water partition coefficient (Wildman–Crippen LogP) is 1.87. The monoisotopic (exact) mass is 294 g/mol. The Labute approximate surface area is 124 Å². The maximum absolute atomic E-state index is 12.0. The van der Waals surface area contributed by atoms with Crippen molar-refractivity contribution in [1.29, 1.82) is 0 Å². The number of carbonyl (C=O) groups excluding carboxylic acids is 2. The highest BCUT2D eigenvalue weighted by Crippen LogP contribution is 2.17. The van der Waals surface area contributed by atoms with Crippen LogP contribution in [0, 0.1) is 5.92 Å². The van der Waals surface area contributed by atoms with Gasteiger partial charge in [-0.05, 0) is 31.0 Å². The number of nitrogens with zero attached hydrogens (tertiary/aromatic N) is 1. The molecule has 20 heavy (non-hydrogen) atoms. The van der Waals surface area contributed by atoms with Gasteiger partial charge in [-0.15, -0.1) is 0 Å². The minimum Gasteiger partial charge on any atom is -0.355 e. The number of carbonyl (C=O) groups is 2. The van der Waals surface area contributed by atoms with Crippen molar-refractivity contribution in [2.45, 2.75) is 19.8 Å². The number of nitrogens with one attached hydrogen (secondary N) is 1. The van der Waals surface area contributed by atoms with Gasteiger partial charge in [0.25, 0.3) is 0 Å². The van der Waals surface area contributed by atoms with Crippen molar-refractivity contribution in [2.75, 3.05) is 19.6 Å². The first kappa shape index (κ1) is 14.9. The Hall–Kier alpha value is -1.55. The third-order valence-corrected chi connectivity index (χ3v) is 3.80. The zero-order chi connectivity index (χ0) is 14.5. The first-order valence-corrected chi connectivity index (χ1v) is 7.28. The average Bonchev–Trinajstić information content (AvgIpc) is 2.80. The smallest absolute Gasteiger partial charge is 0.225 e. The summed E-state index contributed by atoms with van der Waals surface area (Å²) in [6.07, 6.45) is 1.07. The number of hydrogen-bond acceptors (Lipinski definition) is 2. The Balaban J connectivity index is 1.77. The number of rotatable bonds is 5. The highest BCUT2D eigenvalue weighted by atomic mass is 35.5. The Bertz CT molecular complexity index is 504. The lowest BCUT2D eigenvalue weighted by Gasteiger charge is -2.13. The fraction of sp³-hybridized carbons (Fsp3) is 0.467. The third kappa shape index (κ3) is 3.73. The van der Waals surface area contributed by atoms with Crippen LogP contribution in [0.1, 0.15) is 18.9 Å². The van der Waals surface area contributed by atoms with Gasteiger partial charge in [-0.25, -0.2) is 0 Å². The van der Waals surface area contributed by atoms with Gasteiger partial charge in [0.15, 0.2) is 0 Å². The second kappa shape index (κ2) is 6.75. The fourth-order valence-corrected chi connectivity index (χ4v) is 2.63. The van der Waals surface area contributed by atoms with Gasteiger partial charge in [0.1, 0.15) is 0 Å². The lowest BCUT2D eigenvalue weighted by Crippen LogP contribution is -2.34. The van der Waals surface area contributed by atoms with E-state index in [1.807, 2.05) is 31.2 Å². The molecule has 1 aromatic rings. The van der Waals surface area contributed by atoms with Gasteiger partial charge in [-0.3, -0.25) is 9.59 Å². The molecule has 0 bridgehead atoms. The Morgan fingerprint density at radius 3 is 2.95 bits per heavy atom. The van der Waals surface area contributed by atoms with E-state index in [9.17, 15) is 9.59 Å². The molecule has 1 aromatic carbocycles. The third-order valence-electron chi connectivity index (χ3n) is 3.57. The largest absolute Gasteiger partial charge is 0.355 e. The van der Waals surface area contributed by atoms with Crippen LogP contribution in [0.3, 0.4) is 0 Å². The summed E-state index contributed by atoms with van der Waals surface area (Å²) in [4.78, 5) is 25.3. The van der Waals surface area contributed by atoms with Crippen LogP contribution in [0.5, 0.6) is 0 Å². The number of amides is 2. The summed E-state index contributed by atoms with van der Waals surface area (Å²) >= 11 is 5.91. The molecule has 2 rings (SSSR count). The summed E-state index contributed by atoms with van der Waals surface area (Å²) in [6.45, 7) is 3.71. The van der Waals surface area contributed by atoms with E-state index in [-0.39, 0.29) is 17.7 Å². The number of likely N-dealkylation sites (tertiary alicyclic amines) is 1. The van der Waals surface area contributed by atoms with Gasteiger partial charge in [0, 0.05) is 31.1 Å². The van der Waals surface area contributed by atoms with Crippen molar-refractivity contribution in [3.63, 3.8) is 0 Å². The van der Waals surface area contributed by atoms with Crippen LogP contribution in [0.25, 0.3) is 0 Å². The van der Waals surface area contributed by atoms with Gasteiger partial charge < -0.3 is 10.2 Å². The van der Waals surface area contributed by atoms with E-state index in [1.54, 1.807) is 4.90 Å². The molecular weight excluding hydrogens is 276 g/mol. The highest BCUT2D eigenvalue weighted by Gasteiger charge is 2.32. The molecule has 4 nitrogen and oxygen atoms in total. The minimum absolute atomic E-state index is 0.0312. The zero-order valence-electron chi connectivity index (χ0n) is 11.6. The maximum Gasteiger partial charge on any atom is 0.225 e. The second-order valence-corrected chi connectivity index (χ2v) is 5.44. The summed E-state index contributed by atoms with van der Waals surface area (Å²) < 4.78 is 0. The standard InChI is InChI=1S/C15H19ClN2O2/c1-2-18-10-12(9-14(18)19)15(20)17-7-6-11-4-3-5-13(16)8-11/h3-5,8,12H,2,6-7,9-10H2,1H3,(H,17,20). The van der Waals surface area contributed by atoms with Crippen LogP contribution in [0.2, 0.25) is 5.02 Å². The summed E-state index contributed by atoms with van der Waals surface area (Å²) in [5.41, 5.74) is 1.09. The van der Waals surface area contributed by atoms with E-state index in [0.29, 0.717) is 31.1 Å². The van der Waals surface area contributed by atoms with Crippen LogP contribution in [-0.4, -0.2) is 36.3 Å². The topological polar surface area (TPSA) is 49.4 Å². The normalized spacial score (nSPS) is 18.4. The molecule has 1 saturated heterocycles. The summed E-state index contributed by atoms with van der Waals surface area (Å²) in [6, 6.07) is 7.60. The van der Waals surface area contributed by atoms with Gasteiger partial charge in [0.05, 0.1) is 5.92 Å². The van der Waals surface area contributed by atoms with Crippen molar-refractivity contribution >= 4 is 23.4 Å². The highest BCUT2D eigenvalue weighted by molar-refractivity contribution is 6.30. The van der Waals surface area contributed by atoms with Crippen molar-refractivity contribution in [2.24, 2.45) is 5.92 Å². The lowest BCUT2D eigenvalue weighted by atomic mass is 10.1. The van der Waals surface area contributed by atoms with Gasteiger partial charge in [-0.1, -0.05) is 23.7 Å². The number of hydrogen-bond donors (Lipinski definition) is 1. The first-order chi connectivity index (χ1) is 9.60. The Morgan fingerprint density at radius 1 is 1.50 bits per heavy atom. The van der Waals surface area contributed by atoms with Crippen molar-refractivity contribution < 1.29 is 9.59 Å². The lowest BCUT2D eigenvalue weighted by molar-refractivity contribution is -0.128. The predicted molar refractivity (Wildman–Crippen MR) is 78.5 cm³/mol. The van der Waals surface area contributed by atoms with E-state index in [4.69, 9.17) is 11.6 Å². The quantitative estimate of drug-likeness (QED) is 0.901. The van der Waals surface area contributed by atoms with Gasteiger partial charge in [-0.2, -0.15) is 0 Å². The Morgan fingerprint density at radius 2 is 2.30 bits per heavy atom. The molecule has 2 amide bonds. The van der Waals surface area contributed by atoms with Gasteiger partial charge >= 0.3 is 0 Å². The molecule has 1 unspecified atom stereocenters. The molecule has 0 radical (unpaired) electrons. The molecule has 0 aromatic heterocycles. The molecule has 5 heteroatoms. The van der Waals surface area contributed by atoms with Crippen LogP contribution >= 0.6 is 11.6 Å². The Kier molecular flexibility index (Phi) is 5.01. The number of halogens is 1. The molecule has 0 spiro atoms. The van der Waals surface area contributed by atoms with Crippen LogP contribution in [0.4, 0.5) is 0 Å². The number of benzene rings is 1. The fourth-order valence-electron chi connectivity index (χ4n) is 2.42. The van der Waals surface area contributed by atoms with Crippen molar-refractivity contribution in [3.8, 4) is 0 Å². The van der Waals surface area contributed by atoms with Crippen LogP contribution < -0.4 is 5.32 Å². The van der Waals surface area contributed by atoms with Crippen molar-refractivity contribution in [1.82, 2.24) is 10.2 Å². The van der Waals surface area contributed by atoms with Gasteiger partial charge in [0.2, 0.25) is 11.8 Å². The summed E-state index contributed by atoms with van der Waals surface area (Å²) in [5.74, 6) is -0.166. The molecule has 1 N–H and O–H groups in total. The molecule has 108 valence electrons. The molecule has 1 aliphatic heterocycles. The van der Waals surface area contributed by atoms with E-state index in [0.717, 1.165) is 12.0 Å². The second-order valence-electron chi connectivity index (χ2n) is 5.00. The SMILES string of the molecule is CCN1CC(C(=O)NCCc2cccc(Cl)c2)CC1=O. The van der Waals surface area contributed by atoms with Crippen molar-refractivity contribution in [3.05, 3.63) is 34.9 Å². The summed E-state index contributed by atoms with van der Waals surface area (Å²) in [5, 5.41) is 3.60. The zero-order valence-corrected chi connectivity index (χ0v) is 12.3. The molecule has 1 aliphatic rings. The first-order valence-electron chi connectivity index (χ1n) is 6.90. The average molecular weight is 295 g/mol. The van der Waals surface area contributed by atoms with E-state index < -0.39 is 0 Å². The molecule has 0 aliphatic carbocycles. The van der Waals surface area contributed by atoms with E-state index in [2.05, 4.69) is 5.32 Å². The molecule has 1 atom stereocenters. The summed E-state index contributed by atoms with van der Waals surface area (Å²) in [7, 11) is 0. The van der Waals surface area contributed by atoms with Crippen LogP contribution in [-0.2, 0) is 16.0 Å². The van der Waals surface area contributed by atoms with E-state index >= 15 is 0 Å². The maximum atomic E-state index is 12.0. The molecular formula is C15H19ClN2O2. The van der Waals surface area contributed by atoms with Crippen LogP contribution in [0.15, 0.2) is 24.3 Å².